The van der Waals surface area contributed by atoms with Crippen molar-refractivity contribution in [3.63, 3.8) is 0 Å². The van der Waals surface area contributed by atoms with Gasteiger partial charge in [-0.1, -0.05) is 23.2 Å². The van der Waals surface area contributed by atoms with Crippen molar-refractivity contribution >= 4 is 34.7 Å². The van der Waals surface area contributed by atoms with Gasteiger partial charge < -0.3 is 10.5 Å². The van der Waals surface area contributed by atoms with Gasteiger partial charge in [-0.25, -0.2) is 0 Å². The van der Waals surface area contributed by atoms with Crippen LogP contribution < -0.4 is 10.5 Å². The Labute approximate surface area is 126 Å². The molecule has 0 amide bonds. The van der Waals surface area contributed by atoms with E-state index in [0.717, 1.165) is 17.7 Å². The predicted octanol–water partition coefficient (Wildman–Crippen LogP) is 3.74. The van der Waals surface area contributed by atoms with Crippen LogP contribution >= 0.6 is 23.2 Å². The lowest BCUT2D eigenvalue weighted by Gasteiger charge is -2.07. The number of carbonyl (C=O) groups is 1. The van der Waals surface area contributed by atoms with Gasteiger partial charge in [-0.2, -0.15) is 0 Å². The second-order valence-corrected chi connectivity index (χ2v) is 5.42. The van der Waals surface area contributed by atoms with Crippen LogP contribution in [0.25, 0.3) is 0 Å². The zero-order valence-corrected chi connectivity index (χ0v) is 12.0. The van der Waals surface area contributed by atoms with E-state index in [2.05, 4.69) is 0 Å². The van der Waals surface area contributed by atoms with Gasteiger partial charge in [-0.3, -0.25) is 4.79 Å². The molecule has 20 heavy (non-hydrogen) atoms. The maximum atomic E-state index is 12.5. The molecule has 1 aliphatic heterocycles. The van der Waals surface area contributed by atoms with Gasteiger partial charge >= 0.3 is 0 Å². The third-order valence-electron chi connectivity index (χ3n) is 3.29. The predicted molar refractivity (Wildman–Crippen MR) is 79.9 cm³/mol. The van der Waals surface area contributed by atoms with Crippen LogP contribution in [0.3, 0.4) is 0 Å². The van der Waals surface area contributed by atoms with E-state index < -0.39 is 0 Å². The van der Waals surface area contributed by atoms with Crippen LogP contribution in [0.2, 0.25) is 10.0 Å². The summed E-state index contributed by atoms with van der Waals surface area (Å²) in [6, 6.07) is 8.48. The number of halogens is 2. The summed E-state index contributed by atoms with van der Waals surface area (Å²) >= 11 is 11.9. The highest BCUT2D eigenvalue weighted by atomic mass is 35.5. The zero-order valence-electron chi connectivity index (χ0n) is 10.5. The van der Waals surface area contributed by atoms with Gasteiger partial charge in [0.25, 0.3) is 0 Å². The Morgan fingerprint density at radius 1 is 1.10 bits per heavy atom. The van der Waals surface area contributed by atoms with E-state index in [1.54, 1.807) is 6.07 Å². The molecule has 0 atom stereocenters. The van der Waals surface area contributed by atoms with Gasteiger partial charge in [0.1, 0.15) is 5.75 Å². The quantitative estimate of drug-likeness (QED) is 0.679. The molecule has 5 heteroatoms. The number of hydrogen-bond donors (Lipinski definition) is 1. The third kappa shape index (κ3) is 2.23. The smallest absolute Gasteiger partial charge is 0.193 e. The van der Waals surface area contributed by atoms with Crippen LogP contribution in [0.1, 0.15) is 21.5 Å². The summed E-state index contributed by atoms with van der Waals surface area (Å²) in [5, 5.41) is 0.565. The minimum absolute atomic E-state index is 0.136. The Balaban J connectivity index is 2.00. The molecule has 0 aliphatic carbocycles. The first-order chi connectivity index (χ1) is 9.56. The molecule has 1 heterocycles. The monoisotopic (exact) mass is 307 g/mol. The first kappa shape index (κ1) is 13.3. The second kappa shape index (κ2) is 5.00. The van der Waals surface area contributed by atoms with Gasteiger partial charge in [0.15, 0.2) is 5.78 Å². The minimum atomic E-state index is -0.136. The van der Waals surface area contributed by atoms with Crippen LogP contribution in [0.4, 0.5) is 5.69 Å². The van der Waals surface area contributed by atoms with Crippen LogP contribution in [-0.4, -0.2) is 12.4 Å². The normalized spacial score (nSPS) is 12.9. The molecular formula is C15H11Cl2NO2. The molecule has 0 aromatic heterocycles. The lowest BCUT2D eigenvalue weighted by atomic mass is 10.00. The number of hydrogen-bond acceptors (Lipinski definition) is 3. The molecular weight excluding hydrogens is 297 g/mol. The lowest BCUT2D eigenvalue weighted by Crippen LogP contribution is -2.03. The average Bonchev–Trinajstić information content (AvgIpc) is 2.90. The van der Waals surface area contributed by atoms with Crippen LogP contribution in [-0.2, 0) is 6.42 Å². The van der Waals surface area contributed by atoms with E-state index >= 15 is 0 Å². The van der Waals surface area contributed by atoms with E-state index in [1.807, 2.05) is 12.1 Å². The van der Waals surface area contributed by atoms with Crippen molar-refractivity contribution in [1.82, 2.24) is 0 Å². The molecule has 2 aromatic rings. The number of nitrogen functional groups attached to an aromatic ring is 1. The number of carbonyl (C=O) groups excluding carboxylic acids is 1. The molecule has 2 N–H and O–H groups in total. The number of anilines is 1. The largest absolute Gasteiger partial charge is 0.493 e. The molecule has 0 unspecified atom stereocenters. The molecule has 0 spiro atoms. The van der Waals surface area contributed by atoms with Crippen LogP contribution in [0.5, 0.6) is 5.75 Å². The standard InChI is InChI=1S/C15H11Cl2NO2/c16-11-6-10(7-12(17)14(11)18)15(19)9-1-2-13-8(5-9)3-4-20-13/h1-2,5-7H,3-4,18H2. The Hall–Kier alpha value is -1.71. The van der Waals surface area contributed by atoms with E-state index in [0.29, 0.717) is 17.7 Å². The summed E-state index contributed by atoms with van der Waals surface area (Å²) in [6.45, 7) is 0.659. The number of ether oxygens (including phenoxy) is 1. The zero-order chi connectivity index (χ0) is 14.3. The first-order valence-corrected chi connectivity index (χ1v) is 6.87. The van der Waals surface area contributed by atoms with Crippen LogP contribution in [0, 0.1) is 0 Å². The van der Waals surface area contributed by atoms with Gasteiger partial charge in [0.05, 0.1) is 22.3 Å². The van der Waals surface area contributed by atoms with Crippen molar-refractivity contribution in [2.75, 3.05) is 12.3 Å². The molecule has 2 aromatic carbocycles. The maximum absolute atomic E-state index is 12.5. The second-order valence-electron chi connectivity index (χ2n) is 4.60. The average molecular weight is 308 g/mol. The maximum Gasteiger partial charge on any atom is 0.193 e. The number of benzene rings is 2. The molecule has 0 fully saturated rings. The summed E-state index contributed by atoms with van der Waals surface area (Å²) in [4.78, 5) is 12.5. The highest BCUT2D eigenvalue weighted by Crippen LogP contribution is 2.31. The number of nitrogens with two attached hydrogens (primary N) is 1. The van der Waals surface area contributed by atoms with Gasteiger partial charge in [-0.15, -0.1) is 0 Å². The van der Waals surface area contributed by atoms with E-state index in [-0.39, 0.29) is 21.5 Å². The molecule has 0 bridgehead atoms. The van der Waals surface area contributed by atoms with Gasteiger partial charge in [-0.05, 0) is 35.9 Å². The van der Waals surface area contributed by atoms with Crippen molar-refractivity contribution in [3.05, 3.63) is 57.1 Å². The SMILES string of the molecule is Nc1c(Cl)cc(C(=O)c2ccc3c(c2)CCO3)cc1Cl. The number of fused-ring (bicyclic) bond motifs is 1. The number of rotatable bonds is 2. The van der Waals surface area contributed by atoms with Crippen molar-refractivity contribution in [1.29, 1.82) is 0 Å². The van der Waals surface area contributed by atoms with E-state index in [4.69, 9.17) is 33.7 Å². The molecule has 102 valence electrons. The van der Waals surface area contributed by atoms with Crippen molar-refractivity contribution in [2.24, 2.45) is 0 Å². The highest BCUT2D eigenvalue weighted by molar-refractivity contribution is 6.39. The topological polar surface area (TPSA) is 52.3 Å². The summed E-state index contributed by atoms with van der Waals surface area (Å²) in [5.41, 5.74) is 8.01. The van der Waals surface area contributed by atoms with Crippen molar-refractivity contribution in [2.45, 2.75) is 6.42 Å². The molecule has 3 rings (SSSR count). The fourth-order valence-electron chi connectivity index (χ4n) is 2.21. The summed E-state index contributed by atoms with van der Waals surface area (Å²) in [6.07, 6.45) is 0.819. The van der Waals surface area contributed by atoms with Gasteiger partial charge in [0.2, 0.25) is 0 Å². The summed E-state index contributed by atoms with van der Waals surface area (Å²) in [5.74, 6) is 0.707. The van der Waals surface area contributed by atoms with E-state index in [1.165, 1.54) is 12.1 Å². The molecule has 0 saturated carbocycles. The third-order valence-corrected chi connectivity index (χ3v) is 3.92. The lowest BCUT2D eigenvalue weighted by molar-refractivity contribution is 0.103. The van der Waals surface area contributed by atoms with E-state index in [9.17, 15) is 4.79 Å². The number of ketones is 1. The van der Waals surface area contributed by atoms with Gasteiger partial charge in [0, 0.05) is 17.5 Å². The molecule has 3 nitrogen and oxygen atoms in total. The van der Waals surface area contributed by atoms with Crippen molar-refractivity contribution < 1.29 is 9.53 Å². The Morgan fingerprint density at radius 3 is 2.50 bits per heavy atom. The fraction of sp³-hybridized carbons (Fsp3) is 0.133. The first-order valence-electron chi connectivity index (χ1n) is 6.11. The minimum Gasteiger partial charge on any atom is -0.493 e. The Bertz CT molecular complexity index is 690. The molecule has 1 aliphatic rings. The van der Waals surface area contributed by atoms with Crippen LogP contribution in [0.15, 0.2) is 30.3 Å². The molecule has 0 saturated heterocycles. The highest BCUT2D eigenvalue weighted by Gasteiger charge is 2.17. The van der Waals surface area contributed by atoms with Crippen molar-refractivity contribution in [3.8, 4) is 5.75 Å². The summed E-state index contributed by atoms with van der Waals surface area (Å²) < 4.78 is 5.42. The fourth-order valence-corrected chi connectivity index (χ4v) is 2.70. The Morgan fingerprint density at radius 2 is 1.80 bits per heavy atom. The Kier molecular flexibility index (Phi) is 3.32. The molecule has 0 radical (unpaired) electrons. The summed E-state index contributed by atoms with van der Waals surface area (Å²) in [7, 11) is 0.